The zero-order valence-corrected chi connectivity index (χ0v) is 13.3. The highest BCUT2D eigenvalue weighted by atomic mass is 19.1. The van der Waals surface area contributed by atoms with Gasteiger partial charge in [0.05, 0.1) is 24.3 Å². The number of hydrogen-bond donors (Lipinski definition) is 1. The number of ether oxygens (including phenoxy) is 1. The third kappa shape index (κ3) is 3.24. The Balaban J connectivity index is 1.88. The zero-order chi connectivity index (χ0) is 16.4. The molecule has 0 saturated carbocycles. The maximum Gasteiger partial charge on any atom is 0.253 e. The summed E-state index contributed by atoms with van der Waals surface area (Å²) in [5.74, 6) is 0.398. The van der Waals surface area contributed by atoms with Crippen LogP contribution >= 0.6 is 0 Å². The summed E-state index contributed by atoms with van der Waals surface area (Å²) in [6, 6.07) is 5.94. The van der Waals surface area contributed by atoms with Gasteiger partial charge in [0.15, 0.2) is 0 Å². The molecule has 0 radical (unpaired) electrons. The first-order valence-corrected chi connectivity index (χ1v) is 8.19. The molecular formula is C18H22FNO3. The van der Waals surface area contributed by atoms with Gasteiger partial charge in [-0.15, -0.1) is 0 Å². The number of carbonyl (C=O) groups excluding carboxylic acids is 1. The number of likely N-dealkylation sites (tertiary alicyclic amines) is 1. The summed E-state index contributed by atoms with van der Waals surface area (Å²) in [6.45, 7) is 2.94. The van der Waals surface area contributed by atoms with Crippen molar-refractivity contribution in [1.29, 1.82) is 0 Å². The maximum absolute atomic E-state index is 13.1. The third-order valence-electron chi connectivity index (χ3n) is 4.56. The van der Waals surface area contributed by atoms with Crippen LogP contribution < -0.4 is 0 Å². The Morgan fingerprint density at radius 2 is 2.13 bits per heavy atom. The van der Waals surface area contributed by atoms with Crippen LogP contribution in [0, 0.1) is 5.82 Å². The molecule has 0 spiro atoms. The van der Waals surface area contributed by atoms with E-state index >= 15 is 0 Å². The van der Waals surface area contributed by atoms with Crippen LogP contribution in [0.3, 0.4) is 0 Å². The number of rotatable bonds is 3. The molecule has 124 valence electrons. The average molecular weight is 319 g/mol. The summed E-state index contributed by atoms with van der Waals surface area (Å²) in [5, 5.41) is 10.0. The van der Waals surface area contributed by atoms with Crippen LogP contribution in [0.4, 0.5) is 4.39 Å². The lowest BCUT2D eigenvalue weighted by atomic mass is 10.0. The molecule has 0 unspecified atom stereocenters. The maximum atomic E-state index is 13.1. The van der Waals surface area contributed by atoms with Gasteiger partial charge >= 0.3 is 0 Å². The van der Waals surface area contributed by atoms with Crippen molar-refractivity contribution < 1.29 is 19.0 Å². The van der Waals surface area contributed by atoms with E-state index in [-0.39, 0.29) is 17.8 Å². The van der Waals surface area contributed by atoms with Crippen molar-refractivity contribution >= 4 is 5.91 Å². The smallest absolute Gasteiger partial charge is 0.253 e. The fourth-order valence-electron chi connectivity index (χ4n) is 3.43. The van der Waals surface area contributed by atoms with Crippen LogP contribution in [-0.2, 0) is 9.53 Å². The molecule has 1 N–H and O–H groups in total. The van der Waals surface area contributed by atoms with E-state index in [1.165, 1.54) is 12.1 Å². The van der Waals surface area contributed by atoms with Crippen molar-refractivity contribution in [3.63, 3.8) is 0 Å². The number of nitrogens with zero attached hydrogens (tertiary/aromatic N) is 1. The SMILES string of the molecule is CCC1=C(C(=O)N2C[C@H](O)C[C@H]2c2ccc(F)cc2)CCCO1. The molecule has 2 aliphatic heterocycles. The van der Waals surface area contributed by atoms with Crippen molar-refractivity contribution in [2.45, 2.75) is 44.8 Å². The highest BCUT2D eigenvalue weighted by Crippen LogP contribution is 2.35. The van der Waals surface area contributed by atoms with E-state index in [4.69, 9.17) is 4.74 Å². The van der Waals surface area contributed by atoms with E-state index in [1.54, 1.807) is 17.0 Å². The summed E-state index contributed by atoms with van der Waals surface area (Å²) in [5.41, 5.74) is 1.58. The summed E-state index contributed by atoms with van der Waals surface area (Å²) in [7, 11) is 0. The number of aliphatic hydroxyl groups is 1. The Bertz CT molecular complexity index is 611. The topological polar surface area (TPSA) is 49.8 Å². The minimum Gasteiger partial charge on any atom is -0.497 e. The summed E-state index contributed by atoms with van der Waals surface area (Å²) in [4.78, 5) is 14.7. The predicted molar refractivity (Wildman–Crippen MR) is 84.0 cm³/mol. The Morgan fingerprint density at radius 3 is 2.83 bits per heavy atom. The number of halogens is 1. The van der Waals surface area contributed by atoms with Gasteiger partial charge in [0.1, 0.15) is 11.6 Å². The quantitative estimate of drug-likeness (QED) is 0.932. The number of amides is 1. The standard InChI is InChI=1S/C18H22FNO3/c1-2-17-15(4-3-9-23-17)18(22)20-11-14(21)10-16(20)12-5-7-13(19)8-6-12/h5-8,14,16,21H,2-4,9-11H2,1H3/t14-,16+/m1/s1. The van der Waals surface area contributed by atoms with Crippen molar-refractivity contribution in [3.05, 3.63) is 47.0 Å². The number of β-amino-alcohol motifs (C(OH)–C–C–N with tert-alkyl or cyclic N) is 1. The minimum atomic E-state index is -0.552. The monoisotopic (exact) mass is 319 g/mol. The number of hydrogen-bond acceptors (Lipinski definition) is 3. The molecule has 1 amide bonds. The number of benzene rings is 1. The second kappa shape index (κ2) is 6.71. The second-order valence-corrected chi connectivity index (χ2v) is 6.12. The van der Waals surface area contributed by atoms with E-state index in [1.807, 2.05) is 6.92 Å². The van der Waals surface area contributed by atoms with E-state index in [9.17, 15) is 14.3 Å². The van der Waals surface area contributed by atoms with Gasteiger partial charge in [0.25, 0.3) is 5.91 Å². The first-order chi connectivity index (χ1) is 11.1. The van der Waals surface area contributed by atoms with E-state index in [2.05, 4.69) is 0 Å². The van der Waals surface area contributed by atoms with Crippen LogP contribution in [0.25, 0.3) is 0 Å². The highest BCUT2D eigenvalue weighted by molar-refractivity contribution is 5.94. The molecule has 0 bridgehead atoms. The van der Waals surface area contributed by atoms with Crippen molar-refractivity contribution in [3.8, 4) is 0 Å². The molecule has 2 aliphatic rings. The lowest BCUT2D eigenvalue weighted by Crippen LogP contribution is -2.34. The van der Waals surface area contributed by atoms with Gasteiger partial charge in [-0.05, 0) is 37.0 Å². The molecule has 0 aromatic heterocycles. The first kappa shape index (κ1) is 16.0. The molecule has 1 aromatic carbocycles. The molecule has 1 saturated heterocycles. The van der Waals surface area contributed by atoms with Gasteiger partial charge in [0, 0.05) is 13.0 Å². The van der Waals surface area contributed by atoms with Crippen LogP contribution in [0.1, 0.15) is 44.2 Å². The summed E-state index contributed by atoms with van der Waals surface area (Å²) in [6.07, 6.45) is 2.17. The Kier molecular flexibility index (Phi) is 4.66. The molecule has 3 rings (SSSR count). The molecule has 1 aromatic rings. The average Bonchev–Trinajstić information content (AvgIpc) is 2.96. The van der Waals surface area contributed by atoms with Gasteiger partial charge in [-0.1, -0.05) is 19.1 Å². The summed E-state index contributed by atoms with van der Waals surface area (Å²) >= 11 is 0. The van der Waals surface area contributed by atoms with Crippen molar-refractivity contribution in [2.75, 3.05) is 13.2 Å². The minimum absolute atomic E-state index is 0.0626. The van der Waals surface area contributed by atoms with Gasteiger partial charge in [-0.3, -0.25) is 4.79 Å². The van der Waals surface area contributed by atoms with Crippen LogP contribution in [-0.4, -0.2) is 35.2 Å². The van der Waals surface area contributed by atoms with Gasteiger partial charge in [-0.25, -0.2) is 4.39 Å². The molecule has 1 fully saturated rings. The fourth-order valence-corrected chi connectivity index (χ4v) is 3.43. The molecule has 4 nitrogen and oxygen atoms in total. The van der Waals surface area contributed by atoms with Crippen LogP contribution in [0.5, 0.6) is 0 Å². The van der Waals surface area contributed by atoms with E-state index in [0.717, 1.165) is 23.3 Å². The Hall–Kier alpha value is -1.88. The molecule has 23 heavy (non-hydrogen) atoms. The Morgan fingerprint density at radius 1 is 1.39 bits per heavy atom. The number of aliphatic hydroxyl groups excluding tert-OH is 1. The van der Waals surface area contributed by atoms with Crippen LogP contribution in [0.2, 0.25) is 0 Å². The molecule has 2 heterocycles. The number of carbonyl (C=O) groups is 1. The lowest BCUT2D eigenvalue weighted by molar-refractivity contribution is -0.129. The first-order valence-electron chi connectivity index (χ1n) is 8.19. The van der Waals surface area contributed by atoms with Crippen LogP contribution in [0.15, 0.2) is 35.6 Å². The van der Waals surface area contributed by atoms with Crippen molar-refractivity contribution in [1.82, 2.24) is 4.90 Å². The third-order valence-corrected chi connectivity index (χ3v) is 4.56. The zero-order valence-electron chi connectivity index (χ0n) is 13.3. The normalized spacial score (nSPS) is 24.7. The predicted octanol–water partition coefficient (Wildman–Crippen LogP) is 2.93. The number of allylic oxidation sites excluding steroid dienone is 1. The van der Waals surface area contributed by atoms with E-state index < -0.39 is 6.10 Å². The van der Waals surface area contributed by atoms with Crippen molar-refractivity contribution in [2.24, 2.45) is 0 Å². The fraction of sp³-hybridized carbons (Fsp3) is 0.500. The molecule has 2 atom stereocenters. The molecular weight excluding hydrogens is 297 g/mol. The lowest BCUT2D eigenvalue weighted by Gasteiger charge is -2.28. The second-order valence-electron chi connectivity index (χ2n) is 6.12. The largest absolute Gasteiger partial charge is 0.497 e. The van der Waals surface area contributed by atoms with E-state index in [0.29, 0.717) is 32.4 Å². The Labute approximate surface area is 135 Å². The van der Waals surface area contributed by atoms with Gasteiger partial charge < -0.3 is 14.7 Å². The van der Waals surface area contributed by atoms with Gasteiger partial charge in [0.2, 0.25) is 0 Å². The highest BCUT2D eigenvalue weighted by Gasteiger charge is 2.37. The summed E-state index contributed by atoms with van der Waals surface area (Å²) < 4.78 is 18.8. The molecule has 5 heteroatoms. The molecule has 0 aliphatic carbocycles. The van der Waals surface area contributed by atoms with Gasteiger partial charge in [-0.2, -0.15) is 0 Å².